The number of hydrogen-bond acceptors (Lipinski definition) is 2. The Kier molecular flexibility index (Phi) is 5.48. The van der Waals surface area contributed by atoms with Gasteiger partial charge in [0.2, 0.25) is 5.91 Å². The van der Waals surface area contributed by atoms with Crippen LogP contribution >= 0.6 is 0 Å². The van der Waals surface area contributed by atoms with Crippen molar-refractivity contribution in [2.45, 2.75) is 78.4 Å². The molecule has 1 N–H and O–H groups in total. The molecule has 20 heavy (non-hydrogen) atoms. The normalized spacial score (nSPS) is 28.4. The van der Waals surface area contributed by atoms with Gasteiger partial charge in [0, 0.05) is 6.54 Å². The Labute approximate surface area is 124 Å². The van der Waals surface area contributed by atoms with E-state index in [1.807, 2.05) is 0 Å². The molecule has 3 atom stereocenters. The number of carbonyl (C=O) groups excluding carboxylic acids is 1. The van der Waals surface area contributed by atoms with Gasteiger partial charge in [-0.25, -0.2) is 0 Å². The lowest BCUT2D eigenvalue weighted by atomic mass is 10.0. The van der Waals surface area contributed by atoms with Crippen molar-refractivity contribution in [2.24, 2.45) is 17.8 Å². The van der Waals surface area contributed by atoms with Crippen molar-refractivity contribution in [1.29, 1.82) is 0 Å². The van der Waals surface area contributed by atoms with Crippen molar-refractivity contribution < 1.29 is 4.79 Å². The molecule has 0 aromatic carbocycles. The number of nitrogens with zero attached hydrogens (tertiary/aromatic N) is 1. The van der Waals surface area contributed by atoms with Gasteiger partial charge in [-0.05, 0) is 43.4 Å². The highest BCUT2D eigenvalue weighted by molar-refractivity contribution is 5.84. The molecule has 1 heterocycles. The first-order valence-electron chi connectivity index (χ1n) is 8.59. The Morgan fingerprint density at radius 2 is 2.00 bits per heavy atom. The maximum Gasteiger partial charge on any atom is 0.241 e. The third-order valence-corrected chi connectivity index (χ3v) is 4.80. The predicted molar refractivity (Wildman–Crippen MR) is 83.3 cm³/mol. The average molecular weight is 280 g/mol. The van der Waals surface area contributed by atoms with Crippen LogP contribution < -0.4 is 5.32 Å². The van der Waals surface area contributed by atoms with Crippen LogP contribution in [0.2, 0.25) is 0 Å². The van der Waals surface area contributed by atoms with Gasteiger partial charge in [-0.2, -0.15) is 0 Å². The van der Waals surface area contributed by atoms with Gasteiger partial charge < -0.3 is 4.90 Å². The SMILES string of the molecule is CCCCC1NC(CC(C)C)N(CC(C)C2CC2)C1=O. The molecule has 1 saturated carbocycles. The summed E-state index contributed by atoms with van der Waals surface area (Å²) in [5.74, 6) is 2.53. The van der Waals surface area contributed by atoms with E-state index in [1.165, 1.54) is 19.3 Å². The molecule has 3 heteroatoms. The molecule has 0 bridgehead atoms. The van der Waals surface area contributed by atoms with Crippen LogP contribution in [0.4, 0.5) is 0 Å². The van der Waals surface area contributed by atoms with E-state index in [4.69, 9.17) is 0 Å². The monoisotopic (exact) mass is 280 g/mol. The zero-order chi connectivity index (χ0) is 14.7. The Bertz CT molecular complexity index is 325. The van der Waals surface area contributed by atoms with Crippen molar-refractivity contribution in [3.63, 3.8) is 0 Å². The highest BCUT2D eigenvalue weighted by Gasteiger charge is 2.40. The summed E-state index contributed by atoms with van der Waals surface area (Å²) >= 11 is 0. The van der Waals surface area contributed by atoms with Crippen LogP contribution in [0.5, 0.6) is 0 Å². The van der Waals surface area contributed by atoms with E-state index < -0.39 is 0 Å². The fraction of sp³-hybridized carbons (Fsp3) is 0.941. The average Bonchev–Trinajstić information content (AvgIpc) is 3.18. The number of amides is 1. The van der Waals surface area contributed by atoms with Crippen molar-refractivity contribution in [1.82, 2.24) is 10.2 Å². The summed E-state index contributed by atoms with van der Waals surface area (Å²) in [4.78, 5) is 14.8. The molecule has 116 valence electrons. The molecule has 2 fully saturated rings. The minimum atomic E-state index is 0.0742. The standard InChI is InChI=1S/C17H32N2O/c1-5-6-7-15-17(20)19(11-13(4)14-8-9-14)16(18-15)10-12(2)3/h12-16,18H,5-11H2,1-4H3. The van der Waals surface area contributed by atoms with Crippen LogP contribution in [0.3, 0.4) is 0 Å². The zero-order valence-corrected chi connectivity index (χ0v) is 13.7. The number of hydrogen-bond donors (Lipinski definition) is 1. The highest BCUT2D eigenvalue weighted by atomic mass is 16.2. The maximum absolute atomic E-state index is 12.6. The van der Waals surface area contributed by atoms with Gasteiger partial charge in [0.1, 0.15) is 0 Å². The minimum Gasteiger partial charge on any atom is -0.326 e. The van der Waals surface area contributed by atoms with Crippen molar-refractivity contribution in [2.75, 3.05) is 6.54 Å². The molecule has 1 aliphatic carbocycles. The largest absolute Gasteiger partial charge is 0.326 e. The van der Waals surface area contributed by atoms with Crippen LogP contribution in [-0.4, -0.2) is 29.6 Å². The summed E-state index contributed by atoms with van der Waals surface area (Å²) in [5.41, 5.74) is 0. The number of unbranched alkanes of at least 4 members (excludes halogenated alkanes) is 1. The molecule has 3 nitrogen and oxygen atoms in total. The van der Waals surface area contributed by atoms with E-state index in [9.17, 15) is 4.79 Å². The number of nitrogens with one attached hydrogen (secondary N) is 1. The Morgan fingerprint density at radius 1 is 1.30 bits per heavy atom. The van der Waals surface area contributed by atoms with Gasteiger partial charge in [-0.15, -0.1) is 0 Å². The van der Waals surface area contributed by atoms with Crippen molar-refractivity contribution in [3.05, 3.63) is 0 Å². The van der Waals surface area contributed by atoms with Gasteiger partial charge in [0.05, 0.1) is 12.2 Å². The Morgan fingerprint density at radius 3 is 2.55 bits per heavy atom. The molecule has 2 rings (SSSR count). The van der Waals surface area contributed by atoms with Gasteiger partial charge in [-0.1, -0.05) is 40.5 Å². The van der Waals surface area contributed by atoms with Gasteiger partial charge in [0.15, 0.2) is 0 Å². The summed E-state index contributed by atoms with van der Waals surface area (Å²) in [5, 5.41) is 3.60. The van der Waals surface area contributed by atoms with E-state index in [0.717, 1.165) is 31.7 Å². The first kappa shape index (κ1) is 15.8. The topological polar surface area (TPSA) is 32.3 Å². The third-order valence-electron chi connectivity index (χ3n) is 4.80. The minimum absolute atomic E-state index is 0.0742. The lowest BCUT2D eigenvalue weighted by Crippen LogP contribution is -2.41. The third kappa shape index (κ3) is 3.97. The number of rotatable bonds is 8. The lowest BCUT2D eigenvalue weighted by molar-refractivity contribution is -0.131. The molecule has 2 aliphatic rings. The maximum atomic E-state index is 12.6. The van der Waals surface area contributed by atoms with E-state index in [2.05, 4.69) is 37.9 Å². The molecule has 1 aliphatic heterocycles. The molecule has 0 aromatic rings. The molecule has 3 unspecified atom stereocenters. The van der Waals surface area contributed by atoms with Crippen LogP contribution in [0.25, 0.3) is 0 Å². The molecular formula is C17H32N2O. The van der Waals surface area contributed by atoms with Crippen LogP contribution in [0, 0.1) is 17.8 Å². The van der Waals surface area contributed by atoms with E-state index >= 15 is 0 Å². The fourth-order valence-electron chi connectivity index (χ4n) is 3.35. The van der Waals surface area contributed by atoms with Crippen molar-refractivity contribution >= 4 is 5.91 Å². The summed E-state index contributed by atoms with van der Waals surface area (Å²) in [6.45, 7) is 9.95. The smallest absolute Gasteiger partial charge is 0.241 e. The van der Waals surface area contributed by atoms with E-state index in [1.54, 1.807) is 0 Å². The molecule has 0 spiro atoms. The fourth-order valence-corrected chi connectivity index (χ4v) is 3.35. The predicted octanol–water partition coefficient (Wildman–Crippen LogP) is 3.40. The summed E-state index contributed by atoms with van der Waals surface area (Å²) in [7, 11) is 0. The molecule has 0 aromatic heterocycles. The quantitative estimate of drug-likeness (QED) is 0.739. The highest BCUT2D eigenvalue weighted by Crippen LogP contribution is 2.37. The van der Waals surface area contributed by atoms with Gasteiger partial charge in [-0.3, -0.25) is 10.1 Å². The Hall–Kier alpha value is -0.570. The summed E-state index contributed by atoms with van der Waals surface area (Å²) in [6, 6.07) is 0.0742. The summed E-state index contributed by atoms with van der Waals surface area (Å²) < 4.78 is 0. The van der Waals surface area contributed by atoms with Crippen molar-refractivity contribution in [3.8, 4) is 0 Å². The van der Waals surface area contributed by atoms with E-state index in [0.29, 0.717) is 17.7 Å². The Balaban J connectivity index is 1.96. The molecular weight excluding hydrogens is 248 g/mol. The first-order chi connectivity index (χ1) is 9.52. The molecule has 1 amide bonds. The van der Waals surface area contributed by atoms with Crippen LogP contribution in [0.1, 0.15) is 66.2 Å². The van der Waals surface area contributed by atoms with Gasteiger partial charge >= 0.3 is 0 Å². The second kappa shape index (κ2) is 6.93. The van der Waals surface area contributed by atoms with Gasteiger partial charge in [0.25, 0.3) is 0 Å². The first-order valence-corrected chi connectivity index (χ1v) is 8.59. The van der Waals surface area contributed by atoms with Crippen LogP contribution in [-0.2, 0) is 4.79 Å². The lowest BCUT2D eigenvalue weighted by Gasteiger charge is -2.28. The van der Waals surface area contributed by atoms with E-state index in [-0.39, 0.29) is 12.2 Å². The molecule has 1 saturated heterocycles. The zero-order valence-electron chi connectivity index (χ0n) is 13.7. The second-order valence-electron chi connectivity index (χ2n) is 7.31. The summed E-state index contributed by atoms with van der Waals surface area (Å²) in [6.07, 6.45) is 7.38. The van der Waals surface area contributed by atoms with Crippen LogP contribution in [0.15, 0.2) is 0 Å². The molecule has 0 radical (unpaired) electrons. The number of carbonyl (C=O) groups is 1. The second-order valence-corrected chi connectivity index (χ2v) is 7.31.